The van der Waals surface area contributed by atoms with E-state index in [0.29, 0.717) is 5.69 Å². The lowest BCUT2D eigenvalue weighted by molar-refractivity contribution is -0.123. The first kappa shape index (κ1) is 18.8. The number of carbonyl (C=O) groups excluding carboxylic acids is 2. The Hall–Kier alpha value is -3.54. The van der Waals surface area contributed by atoms with Crippen molar-refractivity contribution in [1.29, 1.82) is 0 Å². The molecule has 1 saturated heterocycles. The van der Waals surface area contributed by atoms with Crippen LogP contribution in [0.25, 0.3) is 11.1 Å². The molecule has 4 nitrogen and oxygen atoms in total. The van der Waals surface area contributed by atoms with Crippen molar-refractivity contribution in [3.05, 3.63) is 90.0 Å². The monoisotopic (exact) mass is 392 g/mol. The van der Waals surface area contributed by atoms with Gasteiger partial charge in [0.1, 0.15) is 0 Å². The van der Waals surface area contributed by atoms with Gasteiger partial charge in [0.15, 0.2) is 11.6 Å². The van der Waals surface area contributed by atoms with Gasteiger partial charge in [0, 0.05) is 29.9 Å². The SMILES string of the molecule is O=C(Nc1ccccc1-c1ccccc1)C1CN(C(=O)c2ccc(F)c(F)c2)C1. The molecule has 29 heavy (non-hydrogen) atoms. The summed E-state index contributed by atoms with van der Waals surface area (Å²) >= 11 is 0. The van der Waals surface area contributed by atoms with E-state index in [1.165, 1.54) is 11.0 Å². The molecule has 6 heteroatoms. The second kappa shape index (κ2) is 7.83. The molecular formula is C23H18F2N2O2. The number of carbonyl (C=O) groups is 2. The van der Waals surface area contributed by atoms with Gasteiger partial charge in [0.05, 0.1) is 5.92 Å². The van der Waals surface area contributed by atoms with Gasteiger partial charge >= 0.3 is 0 Å². The van der Waals surface area contributed by atoms with Gasteiger partial charge in [-0.1, -0.05) is 48.5 Å². The van der Waals surface area contributed by atoms with E-state index in [9.17, 15) is 18.4 Å². The van der Waals surface area contributed by atoms with Crippen LogP contribution in [0.4, 0.5) is 14.5 Å². The summed E-state index contributed by atoms with van der Waals surface area (Å²) in [6, 6.07) is 20.3. The standard InChI is InChI=1S/C23H18F2N2O2/c24-19-11-10-16(12-20(19)25)23(29)27-13-17(14-27)22(28)26-21-9-5-4-8-18(21)15-6-2-1-3-7-15/h1-12,17H,13-14H2,(H,26,28). The fraction of sp³-hybridized carbons (Fsp3) is 0.130. The van der Waals surface area contributed by atoms with Crippen LogP contribution in [-0.2, 0) is 4.79 Å². The maximum absolute atomic E-state index is 13.3. The zero-order valence-electron chi connectivity index (χ0n) is 15.4. The number of rotatable bonds is 4. The van der Waals surface area contributed by atoms with Crippen molar-refractivity contribution < 1.29 is 18.4 Å². The molecule has 1 aliphatic rings. The third-order valence-corrected chi connectivity index (χ3v) is 4.98. The second-order valence-electron chi connectivity index (χ2n) is 6.94. The molecule has 2 amide bonds. The molecule has 0 spiro atoms. The van der Waals surface area contributed by atoms with Crippen LogP contribution in [0.3, 0.4) is 0 Å². The van der Waals surface area contributed by atoms with E-state index in [4.69, 9.17) is 0 Å². The molecule has 0 saturated carbocycles. The molecule has 0 aliphatic carbocycles. The first-order valence-electron chi connectivity index (χ1n) is 9.22. The van der Waals surface area contributed by atoms with E-state index in [1.807, 2.05) is 54.6 Å². The molecule has 1 heterocycles. The van der Waals surface area contributed by atoms with Crippen molar-refractivity contribution in [3.8, 4) is 11.1 Å². The minimum atomic E-state index is -1.07. The third kappa shape index (κ3) is 3.87. The minimum Gasteiger partial charge on any atom is -0.337 e. The van der Waals surface area contributed by atoms with Crippen LogP contribution < -0.4 is 5.32 Å². The Morgan fingerprint density at radius 2 is 1.55 bits per heavy atom. The van der Waals surface area contributed by atoms with Crippen LogP contribution in [0, 0.1) is 17.6 Å². The van der Waals surface area contributed by atoms with Crippen molar-refractivity contribution >= 4 is 17.5 Å². The van der Waals surface area contributed by atoms with Crippen LogP contribution in [0.1, 0.15) is 10.4 Å². The zero-order chi connectivity index (χ0) is 20.4. The highest BCUT2D eigenvalue weighted by atomic mass is 19.2. The highest BCUT2D eigenvalue weighted by Crippen LogP contribution is 2.29. The Labute approximate surface area is 166 Å². The number of para-hydroxylation sites is 1. The van der Waals surface area contributed by atoms with Crippen LogP contribution >= 0.6 is 0 Å². The topological polar surface area (TPSA) is 49.4 Å². The Balaban J connectivity index is 1.41. The van der Waals surface area contributed by atoms with Gasteiger partial charge in [-0.2, -0.15) is 0 Å². The number of hydrogen-bond donors (Lipinski definition) is 1. The van der Waals surface area contributed by atoms with Gasteiger partial charge < -0.3 is 10.2 Å². The lowest BCUT2D eigenvalue weighted by Crippen LogP contribution is -2.54. The number of hydrogen-bond acceptors (Lipinski definition) is 2. The fourth-order valence-corrected chi connectivity index (χ4v) is 3.32. The molecular weight excluding hydrogens is 374 g/mol. The minimum absolute atomic E-state index is 0.0668. The number of amides is 2. The van der Waals surface area contributed by atoms with Crippen molar-refractivity contribution in [2.45, 2.75) is 0 Å². The normalized spacial score (nSPS) is 13.7. The Kier molecular flexibility index (Phi) is 5.08. The van der Waals surface area contributed by atoms with Gasteiger partial charge in [0.2, 0.25) is 5.91 Å². The molecule has 1 fully saturated rings. The van der Waals surface area contributed by atoms with E-state index in [1.54, 1.807) is 0 Å². The highest BCUT2D eigenvalue weighted by Gasteiger charge is 2.36. The molecule has 4 rings (SSSR count). The van der Waals surface area contributed by atoms with E-state index < -0.39 is 17.5 Å². The largest absolute Gasteiger partial charge is 0.337 e. The van der Waals surface area contributed by atoms with E-state index >= 15 is 0 Å². The number of likely N-dealkylation sites (tertiary alicyclic amines) is 1. The second-order valence-corrected chi connectivity index (χ2v) is 6.94. The molecule has 3 aromatic carbocycles. The number of benzene rings is 3. The molecule has 0 bridgehead atoms. The molecule has 1 aliphatic heterocycles. The summed E-state index contributed by atoms with van der Waals surface area (Å²) < 4.78 is 26.4. The summed E-state index contributed by atoms with van der Waals surface area (Å²) in [7, 11) is 0. The summed E-state index contributed by atoms with van der Waals surface area (Å²) in [5.41, 5.74) is 2.67. The third-order valence-electron chi connectivity index (χ3n) is 4.98. The van der Waals surface area contributed by atoms with Crippen molar-refractivity contribution in [2.24, 2.45) is 5.92 Å². The van der Waals surface area contributed by atoms with Crippen LogP contribution in [0.2, 0.25) is 0 Å². The molecule has 0 aromatic heterocycles. The Bertz CT molecular complexity index is 1060. The smallest absolute Gasteiger partial charge is 0.254 e. The molecule has 0 radical (unpaired) electrons. The predicted molar refractivity (Wildman–Crippen MR) is 106 cm³/mol. The average Bonchev–Trinajstić information content (AvgIpc) is 2.70. The first-order chi connectivity index (χ1) is 14.0. The average molecular weight is 392 g/mol. The van der Waals surface area contributed by atoms with Gasteiger partial charge in [-0.3, -0.25) is 9.59 Å². The molecule has 3 aromatic rings. The maximum Gasteiger partial charge on any atom is 0.254 e. The van der Waals surface area contributed by atoms with E-state index in [2.05, 4.69) is 5.32 Å². The zero-order valence-corrected chi connectivity index (χ0v) is 15.4. The van der Waals surface area contributed by atoms with Crippen molar-refractivity contribution in [2.75, 3.05) is 18.4 Å². The van der Waals surface area contributed by atoms with E-state index in [-0.39, 0.29) is 30.5 Å². The van der Waals surface area contributed by atoms with E-state index in [0.717, 1.165) is 23.3 Å². The lowest BCUT2D eigenvalue weighted by Gasteiger charge is -2.38. The van der Waals surface area contributed by atoms with Crippen molar-refractivity contribution in [3.63, 3.8) is 0 Å². The summed E-state index contributed by atoms with van der Waals surface area (Å²) in [4.78, 5) is 26.4. The summed E-state index contributed by atoms with van der Waals surface area (Å²) in [6.45, 7) is 0.467. The number of halogens is 2. The van der Waals surface area contributed by atoms with Gasteiger partial charge in [-0.05, 0) is 29.8 Å². The molecule has 0 unspecified atom stereocenters. The Morgan fingerprint density at radius 1 is 0.862 bits per heavy atom. The van der Waals surface area contributed by atoms with Gasteiger partial charge in [0.25, 0.3) is 5.91 Å². The predicted octanol–water partition coefficient (Wildman–Crippen LogP) is 4.34. The maximum atomic E-state index is 13.3. The quantitative estimate of drug-likeness (QED) is 0.718. The number of nitrogens with zero attached hydrogens (tertiary/aromatic N) is 1. The molecule has 1 N–H and O–H groups in total. The van der Waals surface area contributed by atoms with Crippen LogP contribution in [0.15, 0.2) is 72.8 Å². The lowest BCUT2D eigenvalue weighted by atomic mass is 9.97. The summed E-state index contributed by atoms with van der Waals surface area (Å²) in [6.07, 6.45) is 0. The van der Waals surface area contributed by atoms with Crippen LogP contribution in [0.5, 0.6) is 0 Å². The molecule has 146 valence electrons. The Morgan fingerprint density at radius 3 is 2.28 bits per heavy atom. The van der Waals surface area contributed by atoms with Gasteiger partial charge in [-0.25, -0.2) is 8.78 Å². The highest BCUT2D eigenvalue weighted by molar-refractivity contribution is 6.00. The summed E-state index contributed by atoms with van der Waals surface area (Å²) in [5, 5.41) is 2.94. The molecule has 0 atom stereocenters. The van der Waals surface area contributed by atoms with Crippen LogP contribution in [-0.4, -0.2) is 29.8 Å². The number of nitrogens with one attached hydrogen (secondary N) is 1. The van der Waals surface area contributed by atoms with Crippen molar-refractivity contribution in [1.82, 2.24) is 4.90 Å². The number of anilines is 1. The fourth-order valence-electron chi connectivity index (χ4n) is 3.32. The van der Waals surface area contributed by atoms with Gasteiger partial charge in [-0.15, -0.1) is 0 Å². The first-order valence-corrected chi connectivity index (χ1v) is 9.22. The summed E-state index contributed by atoms with van der Waals surface area (Å²) in [5.74, 6) is -3.02.